The Morgan fingerprint density at radius 1 is 0.283 bits per heavy atom. The van der Waals surface area contributed by atoms with Gasteiger partial charge in [0.15, 0.2) is 0 Å². The van der Waals surface area contributed by atoms with Crippen LogP contribution in [-0.4, -0.2) is 83.4 Å². The Morgan fingerprint density at radius 3 is 0.708 bits per heavy atom. The highest BCUT2D eigenvalue weighted by molar-refractivity contribution is 5.95. The third-order valence-electron chi connectivity index (χ3n) is 24.1. The van der Waals surface area contributed by atoms with Crippen molar-refractivity contribution in [2.45, 2.75) is 184 Å². The molecule has 616 valence electrons. The van der Waals surface area contributed by atoms with E-state index in [1.165, 1.54) is 47.9 Å². The van der Waals surface area contributed by atoms with Crippen molar-refractivity contribution in [3.63, 3.8) is 0 Å². The summed E-state index contributed by atoms with van der Waals surface area (Å²) in [6.45, 7) is 17.3. The van der Waals surface area contributed by atoms with Crippen LogP contribution in [0.3, 0.4) is 0 Å². The van der Waals surface area contributed by atoms with Crippen LogP contribution in [0.25, 0.3) is 45.0 Å². The Kier molecular flexibility index (Phi) is 30.2. The number of aryl methyl sites for hydroxylation is 4. The van der Waals surface area contributed by atoms with Gasteiger partial charge in [0.2, 0.25) is 23.6 Å². The molecule has 0 bridgehead atoms. The summed E-state index contributed by atoms with van der Waals surface area (Å²) >= 11 is 0. The van der Waals surface area contributed by atoms with E-state index < -0.39 is 0 Å². The number of nitrogens with one attached hydrogen (secondary N) is 4. The molecule has 20 heteroatoms. The maximum Gasteiger partial charge on any atom is 0.227 e. The smallest absolute Gasteiger partial charge is 0.227 e. The number of hydrogen-bond donors (Lipinski definition) is 4. The highest BCUT2D eigenvalue weighted by atomic mass is 16.2. The lowest BCUT2D eigenvalue weighted by Crippen LogP contribution is -2.27. The second-order valence-corrected chi connectivity index (χ2v) is 33.5. The molecule has 6 unspecified atom stereocenters. The molecule has 0 spiro atoms. The minimum absolute atomic E-state index is 0.124. The zero-order valence-electron chi connectivity index (χ0n) is 70.5. The van der Waals surface area contributed by atoms with E-state index in [4.69, 9.17) is 0 Å². The monoisotopic (exact) mass is 1600 g/mol. The van der Waals surface area contributed by atoms with E-state index in [0.29, 0.717) is 49.4 Å². The minimum atomic E-state index is 0.124. The average Bonchev–Trinajstić information content (AvgIpc) is 0.830. The van der Waals surface area contributed by atoms with Gasteiger partial charge in [0.25, 0.3) is 0 Å². The number of aromatic nitrogens is 12. The van der Waals surface area contributed by atoms with E-state index in [2.05, 4.69) is 185 Å². The summed E-state index contributed by atoms with van der Waals surface area (Å²) in [6, 6.07) is 48.0. The Hall–Kier alpha value is -12.3. The SMILES string of the molecule is Cc1ccc(NC(=O)C2CCCC(C)C2)cc1Cc1ncccc1-c1ccncn1.Cc1ccc(NC(=O)C2CCCC(C)C2)cc1Cc1ncccc1-c1ccncn1.Cc1ccc(NC(=O)C2CCC[C@H](C)C2)cc1Cc1ncccc1-c1ccncn1.Cc1ccc(NC(=O)C2CCC[C@H](C)C2)cc1Cc1ncccc1-c1ccncn1. The van der Waals surface area contributed by atoms with E-state index in [1.54, 1.807) is 50.1 Å². The van der Waals surface area contributed by atoms with Gasteiger partial charge in [-0.15, -0.1) is 0 Å². The van der Waals surface area contributed by atoms with E-state index in [0.717, 1.165) is 190 Å². The summed E-state index contributed by atoms with van der Waals surface area (Å²) < 4.78 is 0. The van der Waals surface area contributed by atoms with Crippen LogP contribution in [0.1, 0.15) is 198 Å². The first-order valence-electron chi connectivity index (χ1n) is 42.8. The number of rotatable bonds is 20. The van der Waals surface area contributed by atoms with Crippen molar-refractivity contribution >= 4 is 46.4 Å². The van der Waals surface area contributed by atoms with Crippen molar-refractivity contribution in [1.82, 2.24) is 59.8 Å². The van der Waals surface area contributed by atoms with Crippen molar-refractivity contribution in [2.24, 2.45) is 47.3 Å². The summed E-state index contributed by atoms with van der Waals surface area (Å²) in [5.41, 5.74) is 24.1. The van der Waals surface area contributed by atoms with Crippen LogP contribution in [0.4, 0.5) is 22.7 Å². The summed E-state index contributed by atoms with van der Waals surface area (Å²) in [4.78, 5) is 103. The molecule has 4 N–H and O–H groups in total. The first-order chi connectivity index (χ1) is 58.4. The summed E-state index contributed by atoms with van der Waals surface area (Å²) in [5, 5.41) is 12.6. The van der Waals surface area contributed by atoms with E-state index in [-0.39, 0.29) is 47.3 Å². The van der Waals surface area contributed by atoms with Gasteiger partial charge in [-0.1, -0.05) is 103 Å². The van der Waals surface area contributed by atoms with Crippen LogP contribution in [0.2, 0.25) is 0 Å². The number of benzene rings is 4. The summed E-state index contributed by atoms with van der Waals surface area (Å²) in [6.07, 6.45) is 40.6. The third-order valence-corrected chi connectivity index (χ3v) is 24.1. The van der Waals surface area contributed by atoms with Gasteiger partial charge in [-0.05, 0) is 269 Å². The van der Waals surface area contributed by atoms with Gasteiger partial charge in [-0.2, -0.15) is 0 Å². The maximum absolute atomic E-state index is 12.8. The van der Waals surface area contributed by atoms with Crippen LogP contribution >= 0.6 is 0 Å². The lowest BCUT2D eigenvalue weighted by Gasteiger charge is -2.25. The Labute approximate surface area is 706 Å². The number of pyridine rings is 4. The standard InChI is InChI=1S/4C25H28N4O/c4*1-17-5-3-6-19(13-17)25(30)29-21-9-8-18(2)20(14-21)15-24-22(7-4-11-27-24)23-10-12-26-16-28-23/h4*4,7-12,14,16-17,19H,3,5-6,13,15H2,1-2H3,(H,29,30)/t2*17-,19?;;/m00../s1. The Balaban J connectivity index is 0.000000138. The van der Waals surface area contributed by atoms with Gasteiger partial charge < -0.3 is 21.3 Å². The van der Waals surface area contributed by atoms with Crippen LogP contribution in [0.5, 0.6) is 0 Å². The number of nitrogens with zero attached hydrogens (tertiary/aromatic N) is 12. The first-order valence-corrected chi connectivity index (χ1v) is 42.8. The maximum atomic E-state index is 12.8. The molecule has 4 aliphatic rings. The Morgan fingerprint density at radius 2 is 0.508 bits per heavy atom. The molecular weight excluding hydrogens is 1490 g/mol. The predicted molar refractivity (Wildman–Crippen MR) is 476 cm³/mol. The molecule has 12 aromatic rings. The van der Waals surface area contributed by atoms with Crippen molar-refractivity contribution in [2.75, 3.05) is 21.3 Å². The molecule has 8 atom stereocenters. The number of carbonyl (C=O) groups excluding carboxylic acids is 4. The predicted octanol–water partition coefficient (Wildman–Crippen LogP) is 20.8. The lowest BCUT2D eigenvalue weighted by atomic mass is 9.82. The minimum Gasteiger partial charge on any atom is -0.326 e. The molecular formula is C100H112N16O4. The van der Waals surface area contributed by atoms with Crippen molar-refractivity contribution in [1.29, 1.82) is 0 Å². The zero-order chi connectivity index (χ0) is 83.7. The van der Waals surface area contributed by atoms with Crippen molar-refractivity contribution in [3.05, 3.63) is 288 Å². The van der Waals surface area contributed by atoms with E-state index in [9.17, 15) is 19.2 Å². The molecule has 0 saturated heterocycles. The van der Waals surface area contributed by atoms with Crippen LogP contribution < -0.4 is 21.3 Å². The topological polar surface area (TPSA) is 271 Å². The third kappa shape index (κ3) is 24.0. The molecule has 8 aromatic heterocycles. The fraction of sp³-hybridized carbons (Fsp3) is 0.360. The molecule has 16 rings (SSSR count). The van der Waals surface area contributed by atoms with Crippen molar-refractivity contribution in [3.8, 4) is 45.0 Å². The molecule has 4 aliphatic carbocycles. The average molecular weight is 1600 g/mol. The quantitative estimate of drug-likeness (QED) is 0.0552. The number of anilines is 4. The largest absolute Gasteiger partial charge is 0.326 e. The van der Waals surface area contributed by atoms with Crippen LogP contribution in [0, 0.1) is 75.0 Å². The highest BCUT2D eigenvalue weighted by Crippen LogP contribution is 2.37. The number of carbonyl (C=O) groups is 4. The molecule has 4 amide bonds. The van der Waals surface area contributed by atoms with Crippen LogP contribution in [-0.2, 0) is 44.9 Å². The van der Waals surface area contributed by atoms with Gasteiger partial charge in [0.05, 0.1) is 45.6 Å². The molecule has 0 aliphatic heterocycles. The zero-order valence-corrected chi connectivity index (χ0v) is 70.5. The molecule has 4 fully saturated rings. The van der Waals surface area contributed by atoms with Gasteiger partial charge >= 0.3 is 0 Å². The number of hydrogen-bond acceptors (Lipinski definition) is 16. The van der Waals surface area contributed by atoms with Gasteiger partial charge in [0.1, 0.15) is 25.3 Å². The van der Waals surface area contributed by atoms with E-state index in [1.807, 2.05) is 122 Å². The normalized spacial score (nSPS) is 18.7. The molecule has 4 aromatic carbocycles. The summed E-state index contributed by atoms with van der Waals surface area (Å²) in [5.74, 6) is 3.62. The first kappa shape index (κ1) is 85.6. The second-order valence-electron chi connectivity index (χ2n) is 33.5. The number of amides is 4. The summed E-state index contributed by atoms with van der Waals surface area (Å²) in [7, 11) is 0. The van der Waals surface area contributed by atoms with Gasteiger partial charge in [0, 0.05) is 144 Å². The van der Waals surface area contributed by atoms with E-state index >= 15 is 0 Å². The molecule has 8 heterocycles. The fourth-order valence-corrected chi connectivity index (χ4v) is 17.2. The lowest BCUT2D eigenvalue weighted by molar-refractivity contribution is -0.122. The molecule has 120 heavy (non-hydrogen) atoms. The van der Waals surface area contributed by atoms with Crippen molar-refractivity contribution < 1.29 is 19.2 Å². The van der Waals surface area contributed by atoms with Gasteiger partial charge in [-0.3, -0.25) is 39.1 Å². The Bertz CT molecular complexity index is 4740. The van der Waals surface area contributed by atoms with Gasteiger partial charge in [-0.25, -0.2) is 39.9 Å². The highest BCUT2D eigenvalue weighted by Gasteiger charge is 2.30. The second kappa shape index (κ2) is 42.4. The van der Waals surface area contributed by atoms with Crippen LogP contribution in [0.15, 0.2) is 220 Å². The molecule has 20 nitrogen and oxygen atoms in total. The molecule has 4 saturated carbocycles. The fourth-order valence-electron chi connectivity index (χ4n) is 17.2. The molecule has 0 radical (unpaired) electrons.